The monoisotopic (exact) mass is 440 g/mol. The first-order valence-corrected chi connectivity index (χ1v) is 12.4. The first-order chi connectivity index (χ1) is 13.9. The zero-order chi connectivity index (χ0) is 22.2. The molecule has 0 heterocycles. The Hall–Kier alpha value is -0.103. The van der Waals surface area contributed by atoms with Crippen LogP contribution in [0.2, 0.25) is 0 Å². The first kappa shape index (κ1) is 28.9. The summed E-state index contributed by atoms with van der Waals surface area (Å²) in [5.74, 6) is -3.03. The van der Waals surface area contributed by atoms with Gasteiger partial charge in [-0.05, 0) is 19.3 Å². The van der Waals surface area contributed by atoms with E-state index in [1.807, 2.05) is 6.92 Å². The molecular formula is C20H44O8Si. The zero-order valence-electron chi connectivity index (χ0n) is 19.8. The Balaban J connectivity index is 6.22. The van der Waals surface area contributed by atoms with E-state index >= 15 is 0 Å². The second-order valence-electron chi connectivity index (χ2n) is 6.69. The molecule has 0 fully saturated rings. The highest BCUT2D eigenvalue weighted by Crippen LogP contribution is 2.40. The van der Waals surface area contributed by atoms with Crippen molar-refractivity contribution >= 4 is 9.05 Å². The van der Waals surface area contributed by atoms with E-state index in [9.17, 15) is 0 Å². The lowest BCUT2D eigenvalue weighted by molar-refractivity contribution is -0.484. The molecule has 0 saturated heterocycles. The van der Waals surface area contributed by atoms with Crippen molar-refractivity contribution in [2.75, 3.05) is 48.3 Å². The summed E-state index contributed by atoms with van der Waals surface area (Å²) in [5.41, 5.74) is 0. The fraction of sp³-hybridized carbons (Fsp3) is 1.00. The Morgan fingerprint density at radius 1 is 0.621 bits per heavy atom. The quantitative estimate of drug-likeness (QED) is 0.158. The van der Waals surface area contributed by atoms with E-state index in [1.165, 1.54) is 21.3 Å². The summed E-state index contributed by atoms with van der Waals surface area (Å²) in [6, 6.07) is 0. The van der Waals surface area contributed by atoms with E-state index in [0.717, 1.165) is 38.5 Å². The summed E-state index contributed by atoms with van der Waals surface area (Å²) in [6.07, 6.45) is 5.83. The second-order valence-corrected chi connectivity index (χ2v) is 9.12. The van der Waals surface area contributed by atoms with Crippen molar-refractivity contribution in [3.05, 3.63) is 0 Å². The number of rotatable bonds is 20. The molecule has 8 nitrogen and oxygen atoms in total. The largest absolute Gasteiger partial charge is 0.683 e. The van der Waals surface area contributed by atoms with Crippen LogP contribution in [0, 0.1) is 0 Å². The summed E-state index contributed by atoms with van der Waals surface area (Å²) in [5, 5.41) is 0. The molecule has 0 aliphatic carbocycles. The Morgan fingerprint density at radius 3 is 1.34 bits per heavy atom. The number of hydrogen-bond acceptors (Lipinski definition) is 8. The number of ether oxygens (including phenoxy) is 4. The smallest absolute Gasteiger partial charge is 0.354 e. The van der Waals surface area contributed by atoms with Crippen LogP contribution in [0.25, 0.3) is 0 Å². The molecule has 0 aliphatic rings. The average Bonchev–Trinajstić information content (AvgIpc) is 2.75. The molecule has 0 rings (SSSR count). The third-order valence-electron chi connectivity index (χ3n) is 4.68. The van der Waals surface area contributed by atoms with Gasteiger partial charge in [-0.15, -0.1) is 0 Å². The molecule has 0 aromatic rings. The van der Waals surface area contributed by atoms with E-state index in [1.54, 1.807) is 7.11 Å². The molecule has 0 saturated carbocycles. The van der Waals surface area contributed by atoms with Crippen LogP contribution >= 0.6 is 0 Å². The van der Waals surface area contributed by atoms with Crippen molar-refractivity contribution in [2.24, 2.45) is 0 Å². The molecule has 9 heteroatoms. The van der Waals surface area contributed by atoms with Crippen molar-refractivity contribution in [3.63, 3.8) is 0 Å². The van der Waals surface area contributed by atoms with Crippen LogP contribution in [0.3, 0.4) is 0 Å². The number of methoxy groups -OCH3 is 1. The van der Waals surface area contributed by atoms with Crippen LogP contribution in [-0.2, 0) is 36.7 Å². The molecular weight excluding hydrogens is 396 g/mol. The minimum atomic E-state index is -3.57. The van der Waals surface area contributed by atoms with Crippen LogP contribution in [-0.4, -0.2) is 69.1 Å². The maximum Gasteiger partial charge on any atom is 0.683 e. The number of unbranched alkanes of at least 4 members (excludes halogenated alkanes) is 3. The van der Waals surface area contributed by atoms with Crippen LogP contribution in [0.1, 0.15) is 72.6 Å². The van der Waals surface area contributed by atoms with Crippen LogP contribution < -0.4 is 0 Å². The van der Waals surface area contributed by atoms with Crippen LogP contribution in [0.5, 0.6) is 0 Å². The van der Waals surface area contributed by atoms with Gasteiger partial charge in [0.2, 0.25) is 0 Å². The molecule has 176 valence electrons. The SMILES string of the molecule is CCCCOC(CC)(OC)C(OCCCC)(OCCCC)O[Si](OC)(OC)OC. The van der Waals surface area contributed by atoms with Gasteiger partial charge in [-0.3, -0.25) is 4.43 Å². The van der Waals surface area contributed by atoms with Gasteiger partial charge in [0.1, 0.15) is 0 Å². The van der Waals surface area contributed by atoms with Crippen LogP contribution in [0.4, 0.5) is 0 Å². The minimum absolute atomic E-state index is 0.395. The zero-order valence-corrected chi connectivity index (χ0v) is 20.8. The second kappa shape index (κ2) is 15.7. The molecule has 0 N–H and O–H groups in total. The Kier molecular flexibility index (Phi) is 15.6. The van der Waals surface area contributed by atoms with Gasteiger partial charge in [-0.2, -0.15) is 0 Å². The summed E-state index contributed by atoms with van der Waals surface area (Å²) >= 11 is 0. The van der Waals surface area contributed by atoms with Crippen molar-refractivity contribution in [3.8, 4) is 0 Å². The predicted molar refractivity (Wildman–Crippen MR) is 113 cm³/mol. The fourth-order valence-corrected chi connectivity index (χ4v) is 4.11. The van der Waals surface area contributed by atoms with E-state index in [0.29, 0.717) is 26.2 Å². The third kappa shape index (κ3) is 8.16. The fourth-order valence-electron chi connectivity index (χ4n) is 2.76. The molecule has 0 spiro atoms. The van der Waals surface area contributed by atoms with Crippen molar-refractivity contribution in [1.29, 1.82) is 0 Å². The first-order valence-electron chi connectivity index (χ1n) is 10.8. The standard InChI is InChI=1S/C20H44O8Si/c1-9-13-16-25-19(12-4,21-5)20(26-17-14-10-2,27-18-15-11-3)28-29(22-6,23-7)24-8/h9-18H2,1-8H3. The van der Waals surface area contributed by atoms with Gasteiger partial charge in [0.05, 0.1) is 19.8 Å². The van der Waals surface area contributed by atoms with Gasteiger partial charge in [0, 0.05) is 34.9 Å². The van der Waals surface area contributed by atoms with Crippen molar-refractivity contribution in [2.45, 2.75) is 84.4 Å². The lowest BCUT2D eigenvalue weighted by Gasteiger charge is -2.48. The Bertz CT molecular complexity index is 370. The normalized spacial score (nSPS) is 14.9. The molecule has 0 aromatic heterocycles. The maximum atomic E-state index is 6.32. The lowest BCUT2D eigenvalue weighted by atomic mass is 10.1. The van der Waals surface area contributed by atoms with Gasteiger partial charge in [0.25, 0.3) is 5.79 Å². The highest BCUT2D eigenvalue weighted by Gasteiger charge is 2.64. The molecule has 0 radical (unpaired) electrons. The summed E-state index contributed by atoms with van der Waals surface area (Å²) in [7, 11) is 2.41. The van der Waals surface area contributed by atoms with E-state index in [4.69, 9.17) is 36.7 Å². The highest BCUT2D eigenvalue weighted by molar-refractivity contribution is 6.53. The molecule has 0 bridgehead atoms. The summed E-state index contributed by atoms with van der Waals surface area (Å²) in [6.45, 7) is 9.47. The molecule has 29 heavy (non-hydrogen) atoms. The van der Waals surface area contributed by atoms with E-state index < -0.39 is 20.8 Å². The molecule has 0 amide bonds. The van der Waals surface area contributed by atoms with E-state index in [-0.39, 0.29) is 0 Å². The Morgan fingerprint density at radius 2 is 1.03 bits per heavy atom. The van der Waals surface area contributed by atoms with Gasteiger partial charge < -0.3 is 32.2 Å². The lowest BCUT2D eigenvalue weighted by Crippen LogP contribution is -2.67. The van der Waals surface area contributed by atoms with Crippen molar-refractivity contribution in [1.82, 2.24) is 0 Å². The Labute approximate surface area is 178 Å². The number of hydrogen-bond donors (Lipinski definition) is 0. The predicted octanol–water partition coefficient (Wildman–Crippen LogP) is 4.23. The van der Waals surface area contributed by atoms with Gasteiger partial charge in [0.15, 0.2) is 0 Å². The summed E-state index contributed by atoms with van der Waals surface area (Å²) in [4.78, 5) is 0. The molecule has 0 aliphatic heterocycles. The van der Waals surface area contributed by atoms with Gasteiger partial charge >= 0.3 is 15.0 Å². The average molecular weight is 441 g/mol. The van der Waals surface area contributed by atoms with Gasteiger partial charge in [-0.25, -0.2) is 0 Å². The summed E-state index contributed by atoms with van der Waals surface area (Å²) < 4.78 is 47.5. The molecule has 1 unspecified atom stereocenters. The topological polar surface area (TPSA) is 73.8 Å². The van der Waals surface area contributed by atoms with Gasteiger partial charge in [-0.1, -0.05) is 47.0 Å². The molecule has 1 atom stereocenters. The third-order valence-corrected chi connectivity index (χ3v) is 6.70. The maximum absolute atomic E-state index is 6.32. The van der Waals surface area contributed by atoms with E-state index in [2.05, 4.69) is 20.8 Å². The molecule has 0 aromatic carbocycles. The minimum Gasteiger partial charge on any atom is -0.354 e. The van der Waals surface area contributed by atoms with Crippen molar-refractivity contribution < 1.29 is 36.7 Å². The van der Waals surface area contributed by atoms with Crippen LogP contribution in [0.15, 0.2) is 0 Å². The highest BCUT2D eigenvalue weighted by atomic mass is 28.4.